The van der Waals surface area contributed by atoms with Gasteiger partial charge in [0.15, 0.2) is 0 Å². The van der Waals surface area contributed by atoms with Crippen LogP contribution in [0, 0.1) is 5.82 Å². The molecule has 0 radical (unpaired) electrons. The minimum atomic E-state index is -0.566. The van der Waals surface area contributed by atoms with Gasteiger partial charge in [-0.25, -0.2) is 4.39 Å². The van der Waals surface area contributed by atoms with Crippen molar-refractivity contribution in [3.8, 4) is 0 Å². The Morgan fingerprint density at radius 3 is 2.86 bits per heavy atom. The summed E-state index contributed by atoms with van der Waals surface area (Å²) in [4.78, 5) is 11.9. The normalized spacial score (nSPS) is 15.9. The highest BCUT2D eigenvalue weighted by Crippen LogP contribution is 2.20. The van der Waals surface area contributed by atoms with E-state index in [1.165, 1.54) is 37.5 Å². The predicted octanol–water partition coefficient (Wildman–Crippen LogP) is 2.88. The molecule has 1 aromatic carbocycles. The highest BCUT2D eigenvalue weighted by atomic mass is 19.1. The molecular formula is C16H23FN2O2. The van der Waals surface area contributed by atoms with Crippen molar-refractivity contribution in [2.45, 2.75) is 44.6 Å². The van der Waals surface area contributed by atoms with Crippen LogP contribution in [-0.2, 0) is 4.74 Å². The highest BCUT2D eigenvalue weighted by molar-refractivity contribution is 5.99. The summed E-state index contributed by atoms with van der Waals surface area (Å²) in [6, 6.07) is 4.24. The van der Waals surface area contributed by atoms with E-state index in [1.807, 2.05) is 0 Å². The van der Waals surface area contributed by atoms with Gasteiger partial charge in [0.05, 0.1) is 17.4 Å². The zero-order valence-corrected chi connectivity index (χ0v) is 12.2. The first-order valence-corrected chi connectivity index (χ1v) is 7.62. The third-order valence-electron chi connectivity index (χ3n) is 3.81. The standard InChI is InChI=1S/C16H23FN2O2/c17-14-9-4-8-13(15(14)18)16(20)19-10-5-11-21-12-6-2-1-3-7-12/h4,8-9,12H,1-3,5-7,10-11,18H2,(H,19,20). The molecule has 116 valence electrons. The quantitative estimate of drug-likeness (QED) is 0.626. The number of nitrogens with two attached hydrogens (primary N) is 1. The van der Waals surface area contributed by atoms with Crippen molar-refractivity contribution in [2.24, 2.45) is 0 Å². The maximum absolute atomic E-state index is 13.3. The lowest BCUT2D eigenvalue weighted by Crippen LogP contribution is -2.27. The summed E-state index contributed by atoms with van der Waals surface area (Å²) in [6.07, 6.45) is 7.23. The minimum absolute atomic E-state index is 0.103. The van der Waals surface area contributed by atoms with Crippen LogP contribution in [0.25, 0.3) is 0 Å². The number of carbonyl (C=O) groups is 1. The number of halogens is 1. The van der Waals surface area contributed by atoms with Crippen molar-refractivity contribution >= 4 is 11.6 Å². The fraction of sp³-hybridized carbons (Fsp3) is 0.562. The second kappa shape index (κ2) is 7.98. The molecule has 0 spiro atoms. The molecule has 0 saturated heterocycles. The molecular weight excluding hydrogens is 271 g/mol. The Morgan fingerprint density at radius 1 is 1.33 bits per heavy atom. The van der Waals surface area contributed by atoms with Crippen LogP contribution in [0.3, 0.4) is 0 Å². The SMILES string of the molecule is Nc1c(F)cccc1C(=O)NCCCOC1CCCCC1. The van der Waals surface area contributed by atoms with Crippen LogP contribution in [-0.4, -0.2) is 25.2 Å². The number of ether oxygens (including phenoxy) is 1. The lowest BCUT2D eigenvalue weighted by molar-refractivity contribution is 0.0273. The van der Waals surface area contributed by atoms with E-state index in [0.717, 1.165) is 19.3 Å². The van der Waals surface area contributed by atoms with E-state index in [-0.39, 0.29) is 17.2 Å². The molecule has 1 fully saturated rings. The lowest BCUT2D eigenvalue weighted by Gasteiger charge is -2.21. The first-order chi connectivity index (χ1) is 10.2. The van der Waals surface area contributed by atoms with Crippen LogP contribution in [0.4, 0.5) is 10.1 Å². The van der Waals surface area contributed by atoms with Crippen molar-refractivity contribution in [1.82, 2.24) is 5.32 Å². The first kappa shape index (κ1) is 15.8. The van der Waals surface area contributed by atoms with Gasteiger partial charge in [-0.3, -0.25) is 4.79 Å². The average molecular weight is 294 g/mol. The third-order valence-corrected chi connectivity index (χ3v) is 3.81. The number of anilines is 1. The summed E-state index contributed by atoms with van der Waals surface area (Å²) >= 11 is 0. The topological polar surface area (TPSA) is 64.4 Å². The highest BCUT2D eigenvalue weighted by Gasteiger charge is 2.14. The molecule has 0 aromatic heterocycles. The average Bonchev–Trinajstić information content (AvgIpc) is 2.50. The maximum Gasteiger partial charge on any atom is 0.253 e. The van der Waals surface area contributed by atoms with Crippen LogP contribution in [0.5, 0.6) is 0 Å². The zero-order chi connectivity index (χ0) is 15.1. The molecule has 0 heterocycles. The summed E-state index contributed by atoms with van der Waals surface area (Å²) in [7, 11) is 0. The molecule has 5 heteroatoms. The van der Waals surface area contributed by atoms with Gasteiger partial charge >= 0.3 is 0 Å². The van der Waals surface area contributed by atoms with Gasteiger partial charge in [0.25, 0.3) is 5.91 Å². The Balaban J connectivity index is 1.66. The monoisotopic (exact) mass is 294 g/mol. The number of hydrogen-bond donors (Lipinski definition) is 2. The molecule has 0 unspecified atom stereocenters. The van der Waals surface area contributed by atoms with Gasteiger partial charge in [0.1, 0.15) is 5.82 Å². The molecule has 1 aliphatic carbocycles. The largest absolute Gasteiger partial charge is 0.396 e. The van der Waals surface area contributed by atoms with Crippen molar-refractivity contribution in [3.63, 3.8) is 0 Å². The van der Waals surface area contributed by atoms with Gasteiger partial charge in [-0.1, -0.05) is 25.3 Å². The number of para-hydroxylation sites is 1. The van der Waals surface area contributed by atoms with E-state index in [0.29, 0.717) is 19.3 Å². The molecule has 21 heavy (non-hydrogen) atoms. The predicted molar refractivity (Wildman–Crippen MR) is 80.6 cm³/mol. The van der Waals surface area contributed by atoms with E-state index in [2.05, 4.69) is 5.32 Å². The molecule has 1 aromatic rings. The first-order valence-electron chi connectivity index (χ1n) is 7.62. The molecule has 0 bridgehead atoms. The molecule has 0 atom stereocenters. The Kier molecular flexibility index (Phi) is 5.99. The van der Waals surface area contributed by atoms with E-state index in [9.17, 15) is 9.18 Å². The van der Waals surface area contributed by atoms with E-state index in [1.54, 1.807) is 0 Å². The van der Waals surface area contributed by atoms with Crippen molar-refractivity contribution in [3.05, 3.63) is 29.6 Å². The van der Waals surface area contributed by atoms with Crippen LogP contribution >= 0.6 is 0 Å². The number of amides is 1. The van der Waals surface area contributed by atoms with Crippen molar-refractivity contribution < 1.29 is 13.9 Å². The van der Waals surface area contributed by atoms with E-state index < -0.39 is 5.82 Å². The molecule has 1 aliphatic rings. The minimum Gasteiger partial charge on any atom is -0.396 e. The summed E-state index contributed by atoms with van der Waals surface area (Å²) in [5, 5.41) is 2.74. The summed E-state index contributed by atoms with van der Waals surface area (Å²) in [5.41, 5.74) is 5.63. The van der Waals surface area contributed by atoms with E-state index >= 15 is 0 Å². The zero-order valence-electron chi connectivity index (χ0n) is 12.2. The molecule has 1 amide bonds. The van der Waals surface area contributed by atoms with Gasteiger partial charge in [0.2, 0.25) is 0 Å². The maximum atomic E-state index is 13.3. The number of nitrogens with one attached hydrogen (secondary N) is 1. The summed E-state index contributed by atoms with van der Waals surface area (Å²) < 4.78 is 19.0. The Hall–Kier alpha value is -1.62. The second-order valence-corrected chi connectivity index (χ2v) is 5.44. The van der Waals surface area contributed by atoms with Gasteiger partial charge in [-0.05, 0) is 31.4 Å². The molecule has 0 aliphatic heterocycles. The van der Waals surface area contributed by atoms with Crippen LogP contribution in [0.1, 0.15) is 48.9 Å². The van der Waals surface area contributed by atoms with Crippen molar-refractivity contribution in [1.29, 1.82) is 0 Å². The fourth-order valence-electron chi connectivity index (χ4n) is 2.59. The third kappa shape index (κ3) is 4.70. The fourth-order valence-corrected chi connectivity index (χ4v) is 2.59. The molecule has 3 N–H and O–H groups in total. The number of nitrogen functional groups attached to an aromatic ring is 1. The summed E-state index contributed by atoms with van der Waals surface area (Å²) in [6.45, 7) is 1.14. The van der Waals surface area contributed by atoms with Gasteiger partial charge < -0.3 is 15.8 Å². The Labute approximate surface area is 124 Å². The molecule has 1 saturated carbocycles. The number of benzene rings is 1. The summed E-state index contributed by atoms with van der Waals surface area (Å²) in [5.74, 6) is -0.909. The van der Waals surface area contributed by atoms with E-state index in [4.69, 9.17) is 10.5 Å². The molecule has 2 rings (SSSR count). The lowest BCUT2D eigenvalue weighted by atomic mass is 9.98. The molecule has 4 nitrogen and oxygen atoms in total. The van der Waals surface area contributed by atoms with Gasteiger partial charge in [0, 0.05) is 13.2 Å². The Bertz CT molecular complexity index is 473. The number of carbonyl (C=O) groups excluding carboxylic acids is 1. The Morgan fingerprint density at radius 2 is 2.10 bits per heavy atom. The van der Waals surface area contributed by atoms with Crippen molar-refractivity contribution in [2.75, 3.05) is 18.9 Å². The second-order valence-electron chi connectivity index (χ2n) is 5.44. The van der Waals surface area contributed by atoms with Crippen LogP contribution in [0.15, 0.2) is 18.2 Å². The smallest absolute Gasteiger partial charge is 0.253 e. The van der Waals surface area contributed by atoms with Crippen LogP contribution < -0.4 is 11.1 Å². The number of rotatable bonds is 6. The van der Waals surface area contributed by atoms with Gasteiger partial charge in [-0.2, -0.15) is 0 Å². The number of hydrogen-bond acceptors (Lipinski definition) is 3. The van der Waals surface area contributed by atoms with Crippen LogP contribution in [0.2, 0.25) is 0 Å². The van der Waals surface area contributed by atoms with Gasteiger partial charge in [-0.15, -0.1) is 0 Å².